The smallest absolute Gasteiger partial charge is 0.257 e. The van der Waals surface area contributed by atoms with Crippen molar-refractivity contribution in [2.45, 2.75) is 19.5 Å². The zero-order chi connectivity index (χ0) is 42.2. The van der Waals surface area contributed by atoms with Crippen LogP contribution in [0.2, 0.25) is 0 Å². The Morgan fingerprint density at radius 1 is 0.733 bits per heavy atom. The van der Waals surface area contributed by atoms with Gasteiger partial charge in [-0.1, -0.05) is 30.3 Å². The molecule has 0 aliphatic carbocycles. The lowest BCUT2D eigenvalue weighted by molar-refractivity contribution is 0.102. The van der Waals surface area contributed by atoms with Gasteiger partial charge in [0.1, 0.15) is 0 Å². The van der Waals surface area contributed by atoms with E-state index in [4.69, 9.17) is 23.7 Å². The zero-order valence-corrected chi connectivity index (χ0v) is 34.6. The molecule has 14 heteroatoms. The highest BCUT2D eigenvalue weighted by molar-refractivity contribution is 6.13. The van der Waals surface area contributed by atoms with Gasteiger partial charge in [0.25, 0.3) is 11.8 Å². The molecule has 7 rings (SSSR count). The molecule has 2 heterocycles. The van der Waals surface area contributed by atoms with Gasteiger partial charge in [-0.05, 0) is 77.7 Å². The SMILES string of the molecule is COc1cc(NC(=O)c2cc(OC)c(OC)c(OC)c2)c(C(=O)Nc2ccc(CCN(Cc3cccc(N4C=CNC4)c3)Cc3ccc4c(cnn4C)c3)cc2)cc1OC. The van der Waals surface area contributed by atoms with Crippen molar-refractivity contribution in [3.8, 4) is 28.7 Å². The number of nitrogens with one attached hydrogen (secondary N) is 3. The Kier molecular flexibility index (Phi) is 12.7. The van der Waals surface area contributed by atoms with Gasteiger partial charge in [0.05, 0.1) is 65.2 Å². The fourth-order valence-corrected chi connectivity index (χ4v) is 7.22. The Bertz CT molecular complexity index is 2490. The highest BCUT2D eigenvalue weighted by Gasteiger charge is 2.22. The minimum Gasteiger partial charge on any atom is -0.493 e. The number of methoxy groups -OCH3 is 5. The van der Waals surface area contributed by atoms with Gasteiger partial charge in [0, 0.05) is 67.5 Å². The van der Waals surface area contributed by atoms with Crippen LogP contribution in [0.4, 0.5) is 17.1 Å². The van der Waals surface area contributed by atoms with Crippen LogP contribution in [0, 0.1) is 0 Å². The second-order valence-corrected chi connectivity index (χ2v) is 14.2. The highest BCUT2D eigenvalue weighted by Crippen LogP contribution is 2.39. The van der Waals surface area contributed by atoms with Crippen molar-refractivity contribution in [3.05, 3.63) is 137 Å². The van der Waals surface area contributed by atoms with Gasteiger partial charge in [0.15, 0.2) is 23.0 Å². The molecule has 0 bridgehead atoms. The summed E-state index contributed by atoms with van der Waals surface area (Å²) in [5, 5.41) is 14.6. The summed E-state index contributed by atoms with van der Waals surface area (Å²) in [6.07, 6.45) is 6.70. The lowest BCUT2D eigenvalue weighted by atomic mass is 10.1. The summed E-state index contributed by atoms with van der Waals surface area (Å²) in [7, 11) is 9.33. The quantitative estimate of drug-likeness (QED) is 0.0862. The normalized spacial score (nSPS) is 12.0. The van der Waals surface area contributed by atoms with Gasteiger partial charge in [-0.25, -0.2) is 0 Å². The first-order valence-corrected chi connectivity index (χ1v) is 19.4. The van der Waals surface area contributed by atoms with Crippen LogP contribution in [0.5, 0.6) is 28.7 Å². The van der Waals surface area contributed by atoms with E-state index >= 15 is 0 Å². The number of carbonyl (C=O) groups excluding carboxylic acids is 2. The summed E-state index contributed by atoms with van der Waals surface area (Å²) >= 11 is 0. The number of nitrogens with zero attached hydrogens (tertiary/aromatic N) is 4. The second kappa shape index (κ2) is 18.6. The van der Waals surface area contributed by atoms with Crippen LogP contribution >= 0.6 is 0 Å². The van der Waals surface area contributed by atoms with Gasteiger partial charge in [-0.15, -0.1) is 0 Å². The first-order chi connectivity index (χ1) is 29.2. The summed E-state index contributed by atoms with van der Waals surface area (Å²) in [6, 6.07) is 29.1. The molecule has 60 heavy (non-hydrogen) atoms. The molecule has 0 spiro atoms. The maximum atomic E-state index is 13.9. The molecule has 310 valence electrons. The number of anilines is 3. The van der Waals surface area contributed by atoms with E-state index in [0.717, 1.165) is 54.9 Å². The topological polar surface area (TPSA) is 141 Å². The Labute approximate surface area is 349 Å². The lowest BCUT2D eigenvalue weighted by Crippen LogP contribution is -2.26. The van der Waals surface area contributed by atoms with Crippen LogP contribution in [0.1, 0.15) is 37.4 Å². The first kappa shape index (κ1) is 41.0. The first-order valence-electron chi connectivity index (χ1n) is 19.4. The molecule has 1 aliphatic heterocycles. The van der Waals surface area contributed by atoms with Gasteiger partial charge in [-0.3, -0.25) is 19.2 Å². The number of fused-ring (bicyclic) bond motifs is 1. The molecule has 0 unspecified atom stereocenters. The number of aryl methyl sites for hydroxylation is 1. The molecule has 3 N–H and O–H groups in total. The van der Waals surface area contributed by atoms with Crippen molar-refractivity contribution in [3.63, 3.8) is 0 Å². The standard InChI is InChI=1S/C46H49N7O7/c1-51-39-15-12-32(20-34(39)26-48-51)28-52(27-31-8-7-9-36(21-31)53-19-17-47-29-53)18-16-30-10-13-35(14-11-30)49-46(55)37-24-40(56-2)41(57-3)25-38(37)50-45(54)33-22-42(58-4)44(60-6)43(23-33)59-5/h7-15,17,19-26,47H,16,18,27-29H2,1-6H3,(H,49,55)(H,50,54). The third-order valence-corrected chi connectivity index (χ3v) is 10.4. The molecular formula is C46H49N7O7. The number of carbonyl (C=O) groups is 2. The fourth-order valence-electron chi connectivity index (χ4n) is 7.22. The van der Waals surface area contributed by atoms with Crippen LogP contribution in [-0.2, 0) is 26.6 Å². The molecule has 0 radical (unpaired) electrons. The largest absolute Gasteiger partial charge is 0.493 e. The van der Waals surface area contributed by atoms with Crippen LogP contribution in [0.15, 0.2) is 110 Å². The summed E-state index contributed by atoms with van der Waals surface area (Å²) in [6.45, 7) is 3.07. The van der Waals surface area contributed by atoms with Crippen LogP contribution in [-0.4, -0.2) is 75.3 Å². The molecule has 14 nitrogen and oxygen atoms in total. The number of hydrogen-bond donors (Lipinski definition) is 3. The van der Waals surface area contributed by atoms with Gasteiger partial charge < -0.3 is 44.5 Å². The van der Waals surface area contributed by atoms with Crippen LogP contribution < -0.4 is 44.5 Å². The van der Waals surface area contributed by atoms with E-state index in [1.165, 1.54) is 64.9 Å². The summed E-state index contributed by atoms with van der Waals surface area (Å²) in [5.41, 5.74) is 6.98. The summed E-state index contributed by atoms with van der Waals surface area (Å²) in [5.74, 6) is 0.654. The third-order valence-electron chi connectivity index (χ3n) is 10.4. The van der Waals surface area contributed by atoms with Crippen molar-refractivity contribution >= 4 is 39.8 Å². The second-order valence-electron chi connectivity index (χ2n) is 14.2. The lowest BCUT2D eigenvalue weighted by Gasteiger charge is -2.24. The third kappa shape index (κ3) is 9.24. The molecule has 0 saturated carbocycles. The number of hydrogen-bond acceptors (Lipinski definition) is 11. The van der Waals surface area contributed by atoms with E-state index in [1.54, 1.807) is 6.07 Å². The summed E-state index contributed by atoms with van der Waals surface area (Å²) in [4.78, 5) is 32.2. The molecule has 0 saturated heterocycles. The molecule has 6 aromatic rings. The van der Waals surface area contributed by atoms with Crippen molar-refractivity contribution < 1.29 is 33.3 Å². The number of benzene rings is 5. The molecule has 0 atom stereocenters. The van der Waals surface area contributed by atoms with E-state index in [1.807, 2.05) is 48.4 Å². The molecule has 1 aliphatic rings. The van der Waals surface area contributed by atoms with Gasteiger partial charge in [0.2, 0.25) is 5.75 Å². The molecule has 0 fully saturated rings. The monoisotopic (exact) mass is 811 g/mol. The highest BCUT2D eigenvalue weighted by atomic mass is 16.5. The van der Waals surface area contributed by atoms with Gasteiger partial charge in [-0.2, -0.15) is 5.10 Å². The fraction of sp³-hybridized carbons (Fsp3) is 0.239. The number of ether oxygens (including phenoxy) is 5. The van der Waals surface area contributed by atoms with Crippen LogP contribution in [0.25, 0.3) is 10.9 Å². The predicted octanol–water partition coefficient (Wildman–Crippen LogP) is 7.20. The van der Waals surface area contributed by atoms with Crippen molar-refractivity contribution in [2.75, 3.05) is 64.3 Å². The Morgan fingerprint density at radius 2 is 1.42 bits per heavy atom. The number of rotatable bonds is 17. The Balaban J connectivity index is 1.07. The minimum absolute atomic E-state index is 0.165. The average Bonchev–Trinajstić information content (AvgIpc) is 3.95. The van der Waals surface area contributed by atoms with Crippen molar-refractivity contribution in [1.29, 1.82) is 0 Å². The van der Waals surface area contributed by atoms with Gasteiger partial charge >= 0.3 is 0 Å². The van der Waals surface area contributed by atoms with E-state index in [2.05, 4.69) is 79.5 Å². The summed E-state index contributed by atoms with van der Waals surface area (Å²) < 4.78 is 29.2. The molecule has 5 aromatic carbocycles. The van der Waals surface area contributed by atoms with E-state index in [0.29, 0.717) is 34.4 Å². The van der Waals surface area contributed by atoms with Crippen molar-refractivity contribution in [2.24, 2.45) is 7.05 Å². The minimum atomic E-state index is -0.514. The van der Waals surface area contributed by atoms with E-state index in [-0.39, 0.29) is 16.8 Å². The average molecular weight is 812 g/mol. The maximum absolute atomic E-state index is 13.9. The number of aromatic nitrogens is 2. The maximum Gasteiger partial charge on any atom is 0.257 e. The molecule has 2 amide bonds. The molecule has 1 aromatic heterocycles. The number of amides is 2. The van der Waals surface area contributed by atoms with Crippen LogP contribution in [0.3, 0.4) is 0 Å². The predicted molar refractivity (Wildman–Crippen MR) is 233 cm³/mol. The van der Waals surface area contributed by atoms with E-state index < -0.39 is 11.8 Å². The Morgan fingerprint density at radius 3 is 2.08 bits per heavy atom. The molecular weight excluding hydrogens is 763 g/mol. The van der Waals surface area contributed by atoms with E-state index in [9.17, 15) is 9.59 Å². The zero-order valence-electron chi connectivity index (χ0n) is 34.6. The van der Waals surface area contributed by atoms with Crippen molar-refractivity contribution in [1.82, 2.24) is 20.0 Å². The Hall–Kier alpha value is -7.19.